The fraction of sp³-hybridized carbons (Fsp3) is 0.467. The normalized spacial score (nSPS) is 18.8. The molecule has 1 aromatic carbocycles. The van der Waals surface area contributed by atoms with Crippen molar-refractivity contribution in [2.75, 3.05) is 13.7 Å². The van der Waals surface area contributed by atoms with Gasteiger partial charge in [0.2, 0.25) is 0 Å². The fourth-order valence-electron chi connectivity index (χ4n) is 2.58. The zero-order chi connectivity index (χ0) is 14.7. The van der Waals surface area contributed by atoms with E-state index in [0.29, 0.717) is 18.5 Å². The molecule has 0 N–H and O–H groups in total. The van der Waals surface area contributed by atoms with Gasteiger partial charge in [-0.25, -0.2) is 4.79 Å². The van der Waals surface area contributed by atoms with Crippen LogP contribution in [-0.4, -0.2) is 36.5 Å². The molecule has 0 bridgehead atoms. The number of carbonyl (C=O) groups excluding carboxylic acids is 2. The molecule has 0 spiro atoms. The Kier molecular flexibility index (Phi) is 4.81. The molecule has 1 aliphatic heterocycles. The molecule has 1 atom stereocenters. The lowest BCUT2D eigenvalue weighted by molar-refractivity contribution is -0.147. The van der Waals surface area contributed by atoms with Crippen LogP contribution in [0.15, 0.2) is 22.7 Å². The van der Waals surface area contributed by atoms with Crippen molar-refractivity contribution in [1.29, 1.82) is 0 Å². The predicted octanol–water partition coefficient (Wildman–Crippen LogP) is 2.93. The molecule has 1 heterocycles. The molecule has 0 aliphatic carbocycles. The number of hydrogen-bond acceptors (Lipinski definition) is 3. The van der Waals surface area contributed by atoms with Crippen LogP contribution in [0.2, 0.25) is 0 Å². The summed E-state index contributed by atoms with van der Waals surface area (Å²) < 4.78 is 5.75. The number of halogens is 1. The van der Waals surface area contributed by atoms with Gasteiger partial charge in [-0.2, -0.15) is 0 Å². The van der Waals surface area contributed by atoms with Crippen molar-refractivity contribution in [3.8, 4) is 0 Å². The van der Waals surface area contributed by atoms with E-state index in [1.54, 1.807) is 11.0 Å². The zero-order valence-corrected chi connectivity index (χ0v) is 13.3. The van der Waals surface area contributed by atoms with E-state index in [1.165, 1.54) is 7.11 Å². The topological polar surface area (TPSA) is 46.6 Å². The quantitative estimate of drug-likeness (QED) is 0.778. The van der Waals surface area contributed by atoms with E-state index in [1.807, 2.05) is 19.1 Å². The molecule has 0 aromatic heterocycles. The Bertz CT molecular complexity index is 530. The molecule has 2 rings (SSSR count). The number of benzene rings is 1. The summed E-state index contributed by atoms with van der Waals surface area (Å²) in [5.41, 5.74) is 1.54. The van der Waals surface area contributed by atoms with Gasteiger partial charge in [0.25, 0.3) is 5.91 Å². The Morgan fingerprint density at radius 2 is 2.10 bits per heavy atom. The molecular formula is C15H18BrNO3. The molecule has 1 fully saturated rings. The van der Waals surface area contributed by atoms with Crippen LogP contribution in [0.4, 0.5) is 0 Å². The van der Waals surface area contributed by atoms with Crippen LogP contribution in [0, 0.1) is 6.92 Å². The minimum absolute atomic E-state index is 0.0925. The van der Waals surface area contributed by atoms with Crippen LogP contribution < -0.4 is 0 Å². The van der Waals surface area contributed by atoms with E-state index in [9.17, 15) is 9.59 Å². The Labute approximate surface area is 127 Å². The van der Waals surface area contributed by atoms with E-state index in [-0.39, 0.29) is 11.9 Å². The number of amides is 1. The summed E-state index contributed by atoms with van der Waals surface area (Å²) in [7, 11) is 1.37. The van der Waals surface area contributed by atoms with Gasteiger partial charge in [-0.15, -0.1) is 0 Å². The lowest BCUT2D eigenvalue weighted by atomic mass is 9.99. The van der Waals surface area contributed by atoms with Crippen molar-refractivity contribution in [2.45, 2.75) is 32.2 Å². The van der Waals surface area contributed by atoms with Crippen LogP contribution in [-0.2, 0) is 9.53 Å². The monoisotopic (exact) mass is 339 g/mol. The van der Waals surface area contributed by atoms with E-state index >= 15 is 0 Å². The third-order valence-electron chi connectivity index (χ3n) is 3.66. The number of esters is 1. The maximum Gasteiger partial charge on any atom is 0.328 e. The van der Waals surface area contributed by atoms with Gasteiger partial charge >= 0.3 is 5.97 Å². The number of piperidine rings is 1. The second kappa shape index (κ2) is 6.39. The zero-order valence-electron chi connectivity index (χ0n) is 11.7. The van der Waals surface area contributed by atoms with Crippen LogP contribution >= 0.6 is 15.9 Å². The maximum absolute atomic E-state index is 12.7. The molecule has 1 aromatic rings. The summed E-state index contributed by atoms with van der Waals surface area (Å²) in [6, 6.07) is 5.09. The molecule has 108 valence electrons. The highest BCUT2D eigenvalue weighted by atomic mass is 79.9. The molecular weight excluding hydrogens is 322 g/mol. The largest absolute Gasteiger partial charge is 0.467 e. The van der Waals surface area contributed by atoms with Gasteiger partial charge in [-0.1, -0.05) is 15.9 Å². The van der Waals surface area contributed by atoms with Crippen molar-refractivity contribution in [3.63, 3.8) is 0 Å². The van der Waals surface area contributed by atoms with Gasteiger partial charge in [0.15, 0.2) is 0 Å². The second-order valence-electron chi connectivity index (χ2n) is 4.99. The average molecular weight is 340 g/mol. The molecule has 5 heteroatoms. The maximum atomic E-state index is 12.7. The highest BCUT2D eigenvalue weighted by Crippen LogP contribution is 2.23. The SMILES string of the molecule is COC(=O)C1CCCCN1C(=O)c1ccc(Br)cc1C. The van der Waals surface area contributed by atoms with Gasteiger partial charge in [0.05, 0.1) is 7.11 Å². The highest BCUT2D eigenvalue weighted by Gasteiger charge is 2.33. The van der Waals surface area contributed by atoms with Gasteiger partial charge in [0, 0.05) is 16.6 Å². The number of carbonyl (C=O) groups is 2. The molecule has 1 amide bonds. The van der Waals surface area contributed by atoms with Crippen molar-refractivity contribution in [2.24, 2.45) is 0 Å². The van der Waals surface area contributed by atoms with E-state index < -0.39 is 6.04 Å². The first kappa shape index (κ1) is 15.0. The van der Waals surface area contributed by atoms with Gasteiger partial charge in [0.1, 0.15) is 6.04 Å². The van der Waals surface area contributed by atoms with E-state index in [4.69, 9.17) is 4.74 Å². The standard InChI is InChI=1S/C15H18BrNO3/c1-10-9-11(16)6-7-12(10)14(18)17-8-4-3-5-13(17)15(19)20-2/h6-7,9,13H,3-5,8H2,1-2H3. The summed E-state index contributed by atoms with van der Waals surface area (Å²) >= 11 is 3.39. The van der Waals surface area contributed by atoms with Gasteiger partial charge < -0.3 is 9.64 Å². The Hall–Kier alpha value is -1.36. The highest BCUT2D eigenvalue weighted by molar-refractivity contribution is 9.10. The number of aryl methyl sites for hydroxylation is 1. The average Bonchev–Trinajstić information content (AvgIpc) is 2.46. The van der Waals surface area contributed by atoms with E-state index in [2.05, 4.69) is 15.9 Å². The van der Waals surface area contributed by atoms with Crippen LogP contribution in [0.5, 0.6) is 0 Å². The van der Waals surface area contributed by atoms with Crippen LogP contribution in [0.1, 0.15) is 35.2 Å². The van der Waals surface area contributed by atoms with E-state index in [0.717, 1.165) is 22.9 Å². The van der Waals surface area contributed by atoms with Crippen LogP contribution in [0.25, 0.3) is 0 Å². The molecule has 20 heavy (non-hydrogen) atoms. The first-order valence-electron chi connectivity index (χ1n) is 6.69. The molecule has 4 nitrogen and oxygen atoms in total. The summed E-state index contributed by atoms with van der Waals surface area (Å²) in [6.07, 6.45) is 2.55. The van der Waals surface area contributed by atoms with Crippen molar-refractivity contribution >= 4 is 27.8 Å². The smallest absolute Gasteiger partial charge is 0.328 e. The first-order valence-corrected chi connectivity index (χ1v) is 7.49. The lowest BCUT2D eigenvalue weighted by Gasteiger charge is -2.34. The number of likely N-dealkylation sites (tertiary alicyclic amines) is 1. The van der Waals surface area contributed by atoms with Crippen molar-refractivity contribution < 1.29 is 14.3 Å². The van der Waals surface area contributed by atoms with Gasteiger partial charge in [-0.05, 0) is 49.9 Å². The molecule has 1 saturated heterocycles. The summed E-state index contributed by atoms with van der Waals surface area (Å²) in [5.74, 6) is -0.419. The fourth-order valence-corrected chi connectivity index (χ4v) is 3.05. The first-order chi connectivity index (χ1) is 9.54. The summed E-state index contributed by atoms with van der Waals surface area (Å²) in [5, 5.41) is 0. The van der Waals surface area contributed by atoms with Crippen molar-refractivity contribution in [3.05, 3.63) is 33.8 Å². The summed E-state index contributed by atoms with van der Waals surface area (Å²) in [4.78, 5) is 26.1. The number of methoxy groups -OCH3 is 1. The van der Waals surface area contributed by atoms with Gasteiger partial charge in [-0.3, -0.25) is 4.79 Å². The summed E-state index contributed by atoms with van der Waals surface area (Å²) in [6.45, 7) is 2.50. The number of rotatable bonds is 2. The molecule has 1 unspecified atom stereocenters. The Morgan fingerprint density at radius 3 is 2.75 bits per heavy atom. The molecule has 0 saturated carbocycles. The minimum Gasteiger partial charge on any atom is -0.467 e. The Morgan fingerprint density at radius 1 is 1.35 bits per heavy atom. The number of hydrogen-bond donors (Lipinski definition) is 0. The van der Waals surface area contributed by atoms with Crippen LogP contribution in [0.3, 0.4) is 0 Å². The molecule has 1 aliphatic rings. The number of ether oxygens (including phenoxy) is 1. The number of nitrogens with zero attached hydrogens (tertiary/aromatic N) is 1. The predicted molar refractivity (Wildman–Crippen MR) is 79.6 cm³/mol. The second-order valence-corrected chi connectivity index (χ2v) is 5.91. The third kappa shape index (κ3) is 3.03. The Balaban J connectivity index is 2.27. The lowest BCUT2D eigenvalue weighted by Crippen LogP contribution is -2.48. The van der Waals surface area contributed by atoms with Crippen molar-refractivity contribution in [1.82, 2.24) is 4.90 Å². The molecule has 0 radical (unpaired) electrons. The minimum atomic E-state index is -0.454. The third-order valence-corrected chi connectivity index (χ3v) is 4.15.